The summed E-state index contributed by atoms with van der Waals surface area (Å²) in [6, 6.07) is 3.92. The van der Waals surface area contributed by atoms with E-state index in [2.05, 4.69) is 10.6 Å². The van der Waals surface area contributed by atoms with E-state index >= 15 is 0 Å². The van der Waals surface area contributed by atoms with Gasteiger partial charge < -0.3 is 15.4 Å². The molecule has 1 atom stereocenters. The molecular weight excluding hydrogens is 303 g/mol. The van der Waals surface area contributed by atoms with Gasteiger partial charge in [0.1, 0.15) is 5.82 Å². The van der Waals surface area contributed by atoms with Crippen molar-refractivity contribution in [1.29, 1.82) is 0 Å². The van der Waals surface area contributed by atoms with E-state index in [4.69, 9.17) is 4.74 Å². The molecular formula is C16H19FN2O4. The standard InChI is InChI=1S/C16H19FN2O4/c1-9(2)23-15(21)5-6-18-16(22)12-8-14(20)19-13-7-10(17)3-4-11(12)13/h3-4,7,9,12H,5-6,8H2,1-2H3,(H,18,22)(H,19,20). The number of hydrogen-bond donors (Lipinski definition) is 2. The highest BCUT2D eigenvalue weighted by Crippen LogP contribution is 2.32. The average molecular weight is 322 g/mol. The van der Waals surface area contributed by atoms with Gasteiger partial charge in [-0.15, -0.1) is 0 Å². The summed E-state index contributed by atoms with van der Waals surface area (Å²) in [4.78, 5) is 35.3. The van der Waals surface area contributed by atoms with Gasteiger partial charge in [-0.25, -0.2) is 4.39 Å². The van der Waals surface area contributed by atoms with Crippen molar-refractivity contribution >= 4 is 23.5 Å². The van der Waals surface area contributed by atoms with Gasteiger partial charge in [0.05, 0.1) is 18.4 Å². The van der Waals surface area contributed by atoms with Crippen molar-refractivity contribution in [3.05, 3.63) is 29.6 Å². The van der Waals surface area contributed by atoms with Crippen molar-refractivity contribution in [3.8, 4) is 0 Å². The molecule has 1 aromatic carbocycles. The van der Waals surface area contributed by atoms with Crippen LogP contribution in [0.25, 0.3) is 0 Å². The van der Waals surface area contributed by atoms with Crippen LogP contribution in [0, 0.1) is 5.82 Å². The summed E-state index contributed by atoms with van der Waals surface area (Å²) < 4.78 is 18.2. The molecule has 124 valence electrons. The lowest BCUT2D eigenvalue weighted by atomic mass is 9.89. The minimum Gasteiger partial charge on any atom is -0.463 e. The Hall–Kier alpha value is -2.44. The van der Waals surface area contributed by atoms with Crippen LogP contribution in [0.15, 0.2) is 18.2 Å². The predicted octanol–water partition coefficient (Wildman–Crippen LogP) is 1.71. The van der Waals surface area contributed by atoms with E-state index in [0.29, 0.717) is 11.3 Å². The van der Waals surface area contributed by atoms with Crippen LogP contribution in [0.1, 0.15) is 38.2 Å². The van der Waals surface area contributed by atoms with Crippen molar-refractivity contribution in [2.45, 2.75) is 38.7 Å². The van der Waals surface area contributed by atoms with Gasteiger partial charge in [0.15, 0.2) is 0 Å². The Morgan fingerprint density at radius 1 is 1.43 bits per heavy atom. The summed E-state index contributed by atoms with van der Waals surface area (Å²) in [7, 11) is 0. The summed E-state index contributed by atoms with van der Waals surface area (Å²) in [5.41, 5.74) is 0.869. The van der Waals surface area contributed by atoms with Crippen LogP contribution in [0.3, 0.4) is 0 Å². The zero-order valence-corrected chi connectivity index (χ0v) is 13.0. The van der Waals surface area contributed by atoms with Gasteiger partial charge in [0.2, 0.25) is 11.8 Å². The summed E-state index contributed by atoms with van der Waals surface area (Å²) >= 11 is 0. The van der Waals surface area contributed by atoms with E-state index in [-0.39, 0.29) is 37.3 Å². The zero-order chi connectivity index (χ0) is 17.0. The van der Waals surface area contributed by atoms with E-state index in [9.17, 15) is 18.8 Å². The molecule has 0 bridgehead atoms. The van der Waals surface area contributed by atoms with Crippen LogP contribution in [-0.4, -0.2) is 30.4 Å². The van der Waals surface area contributed by atoms with Crippen molar-refractivity contribution in [2.75, 3.05) is 11.9 Å². The second kappa shape index (κ2) is 7.21. The first kappa shape index (κ1) is 16.9. The highest BCUT2D eigenvalue weighted by molar-refractivity contribution is 6.01. The molecule has 7 heteroatoms. The quantitative estimate of drug-likeness (QED) is 0.808. The molecule has 2 rings (SSSR count). The van der Waals surface area contributed by atoms with Crippen LogP contribution < -0.4 is 10.6 Å². The lowest BCUT2D eigenvalue weighted by molar-refractivity contribution is -0.147. The molecule has 1 unspecified atom stereocenters. The van der Waals surface area contributed by atoms with Gasteiger partial charge in [-0.3, -0.25) is 14.4 Å². The third-order valence-electron chi connectivity index (χ3n) is 3.37. The maximum absolute atomic E-state index is 13.2. The Morgan fingerprint density at radius 3 is 2.87 bits per heavy atom. The highest BCUT2D eigenvalue weighted by Gasteiger charge is 2.30. The number of fused-ring (bicyclic) bond motifs is 1. The number of esters is 1. The lowest BCUT2D eigenvalue weighted by Crippen LogP contribution is -2.36. The fraction of sp³-hybridized carbons (Fsp3) is 0.438. The SMILES string of the molecule is CC(C)OC(=O)CCNC(=O)C1CC(=O)Nc2cc(F)ccc21. The summed E-state index contributed by atoms with van der Waals surface area (Å²) in [6.45, 7) is 3.61. The second-order valence-corrected chi connectivity index (χ2v) is 5.62. The van der Waals surface area contributed by atoms with Gasteiger partial charge in [0.25, 0.3) is 0 Å². The number of hydrogen-bond acceptors (Lipinski definition) is 4. The van der Waals surface area contributed by atoms with Gasteiger partial charge in [-0.05, 0) is 31.5 Å². The van der Waals surface area contributed by atoms with Crippen LogP contribution in [0.2, 0.25) is 0 Å². The normalized spacial score (nSPS) is 16.5. The smallest absolute Gasteiger partial charge is 0.307 e. The van der Waals surface area contributed by atoms with Crippen molar-refractivity contribution in [3.63, 3.8) is 0 Å². The average Bonchev–Trinajstić information content (AvgIpc) is 2.44. The Balaban J connectivity index is 1.97. The lowest BCUT2D eigenvalue weighted by Gasteiger charge is -2.24. The fourth-order valence-electron chi connectivity index (χ4n) is 2.40. The number of benzene rings is 1. The molecule has 1 aliphatic heterocycles. The van der Waals surface area contributed by atoms with E-state index < -0.39 is 17.7 Å². The summed E-state index contributed by atoms with van der Waals surface area (Å²) in [5, 5.41) is 5.17. The number of nitrogens with one attached hydrogen (secondary N) is 2. The van der Waals surface area contributed by atoms with Crippen molar-refractivity contribution in [2.24, 2.45) is 0 Å². The maximum atomic E-state index is 13.2. The molecule has 2 amide bonds. The van der Waals surface area contributed by atoms with E-state index in [1.165, 1.54) is 18.2 Å². The summed E-state index contributed by atoms with van der Waals surface area (Å²) in [5.74, 6) is -2.29. The Morgan fingerprint density at radius 2 is 2.17 bits per heavy atom. The highest BCUT2D eigenvalue weighted by atomic mass is 19.1. The van der Waals surface area contributed by atoms with Crippen LogP contribution in [-0.2, 0) is 19.1 Å². The minimum absolute atomic E-state index is 0.0130. The Labute approximate surface area is 133 Å². The first-order valence-corrected chi connectivity index (χ1v) is 7.43. The topological polar surface area (TPSA) is 84.5 Å². The van der Waals surface area contributed by atoms with Gasteiger partial charge in [0, 0.05) is 18.7 Å². The van der Waals surface area contributed by atoms with Crippen molar-refractivity contribution in [1.82, 2.24) is 5.32 Å². The number of halogens is 1. The number of rotatable bonds is 5. The molecule has 1 heterocycles. The largest absolute Gasteiger partial charge is 0.463 e. The van der Waals surface area contributed by atoms with E-state index in [0.717, 1.165) is 0 Å². The first-order chi connectivity index (χ1) is 10.9. The number of carbonyl (C=O) groups excluding carboxylic acids is 3. The molecule has 1 aromatic rings. The van der Waals surface area contributed by atoms with Gasteiger partial charge in [-0.2, -0.15) is 0 Å². The molecule has 0 saturated carbocycles. The molecule has 23 heavy (non-hydrogen) atoms. The van der Waals surface area contributed by atoms with Gasteiger partial charge in [-0.1, -0.05) is 6.07 Å². The number of carbonyl (C=O) groups is 3. The van der Waals surface area contributed by atoms with Gasteiger partial charge >= 0.3 is 5.97 Å². The zero-order valence-electron chi connectivity index (χ0n) is 13.0. The van der Waals surface area contributed by atoms with E-state index in [1.54, 1.807) is 13.8 Å². The number of anilines is 1. The van der Waals surface area contributed by atoms with Crippen LogP contribution in [0.5, 0.6) is 0 Å². The molecule has 0 aromatic heterocycles. The van der Waals surface area contributed by atoms with Crippen molar-refractivity contribution < 1.29 is 23.5 Å². The molecule has 0 radical (unpaired) electrons. The second-order valence-electron chi connectivity index (χ2n) is 5.62. The number of ether oxygens (including phenoxy) is 1. The minimum atomic E-state index is -0.694. The number of amides is 2. The first-order valence-electron chi connectivity index (χ1n) is 7.43. The molecule has 0 fully saturated rings. The molecule has 0 spiro atoms. The third-order valence-corrected chi connectivity index (χ3v) is 3.37. The third kappa shape index (κ3) is 4.51. The Kier molecular flexibility index (Phi) is 5.31. The monoisotopic (exact) mass is 322 g/mol. The maximum Gasteiger partial charge on any atom is 0.307 e. The molecule has 1 aliphatic rings. The fourth-order valence-corrected chi connectivity index (χ4v) is 2.40. The van der Waals surface area contributed by atoms with Crippen LogP contribution in [0.4, 0.5) is 10.1 Å². The predicted molar refractivity (Wildman–Crippen MR) is 81.2 cm³/mol. The van der Waals surface area contributed by atoms with E-state index in [1.807, 2.05) is 0 Å². The molecule has 0 aliphatic carbocycles. The molecule has 0 saturated heterocycles. The molecule has 6 nitrogen and oxygen atoms in total. The summed E-state index contributed by atoms with van der Waals surface area (Å²) in [6.07, 6.45) is -0.165. The van der Waals surface area contributed by atoms with Crippen LogP contribution >= 0.6 is 0 Å². The molecule has 2 N–H and O–H groups in total. The Bertz CT molecular complexity index is 631.